The van der Waals surface area contributed by atoms with E-state index in [-0.39, 0.29) is 16.7 Å². The second kappa shape index (κ2) is 5.63. The van der Waals surface area contributed by atoms with Gasteiger partial charge in [-0.25, -0.2) is 9.89 Å². The van der Waals surface area contributed by atoms with Gasteiger partial charge in [0, 0.05) is 17.6 Å². The SMILES string of the molecule is CC(Sc1n[nH]c(=O)n1C)C(=O)c1cccc(Cl)c1. The molecule has 1 aromatic heterocycles. The molecule has 1 aromatic carbocycles. The number of aromatic amines is 1. The van der Waals surface area contributed by atoms with E-state index in [0.717, 1.165) is 0 Å². The Labute approximate surface area is 119 Å². The third-order valence-electron chi connectivity index (χ3n) is 2.60. The van der Waals surface area contributed by atoms with E-state index in [1.165, 1.54) is 16.3 Å². The Balaban J connectivity index is 2.16. The maximum absolute atomic E-state index is 12.2. The molecule has 5 nitrogen and oxygen atoms in total. The standard InChI is InChI=1S/C12H12ClN3O2S/c1-7(19-12-15-14-11(18)16(12)2)10(17)8-4-3-5-9(13)6-8/h3-7H,1-2H3,(H,14,18). The monoisotopic (exact) mass is 297 g/mol. The van der Waals surface area contributed by atoms with Gasteiger partial charge >= 0.3 is 5.69 Å². The fourth-order valence-electron chi connectivity index (χ4n) is 1.53. The number of halogens is 1. The van der Waals surface area contributed by atoms with Crippen LogP contribution in [0.4, 0.5) is 0 Å². The zero-order valence-corrected chi connectivity index (χ0v) is 12.0. The Morgan fingerprint density at radius 2 is 2.26 bits per heavy atom. The number of H-pyrrole nitrogens is 1. The molecule has 100 valence electrons. The molecule has 1 heterocycles. The van der Waals surface area contributed by atoms with Crippen molar-refractivity contribution in [3.05, 3.63) is 45.3 Å². The lowest BCUT2D eigenvalue weighted by molar-refractivity contribution is 0.0994. The highest BCUT2D eigenvalue weighted by molar-refractivity contribution is 8.00. The lowest BCUT2D eigenvalue weighted by atomic mass is 10.1. The van der Waals surface area contributed by atoms with Gasteiger partial charge in [-0.2, -0.15) is 0 Å². The second-order valence-electron chi connectivity index (χ2n) is 4.01. The van der Waals surface area contributed by atoms with Crippen LogP contribution in [-0.4, -0.2) is 25.8 Å². The van der Waals surface area contributed by atoms with Crippen LogP contribution >= 0.6 is 23.4 Å². The number of ketones is 1. The second-order valence-corrected chi connectivity index (χ2v) is 5.75. The van der Waals surface area contributed by atoms with E-state index in [9.17, 15) is 9.59 Å². The van der Waals surface area contributed by atoms with Crippen molar-refractivity contribution in [3.8, 4) is 0 Å². The first-order valence-corrected chi connectivity index (χ1v) is 6.82. The fourth-order valence-corrected chi connectivity index (χ4v) is 2.62. The highest BCUT2D eigenvalue weighted by atomic mass is 35.5. The quantitative estimate of drug-likeness (QED) is 0.693. The van der Waals surface area contributed by atoms with Crippen LogP contribution in [0.5, 0.6) is 0 Å². The van der Waals surface area contributed by atoms with Gasteiger partial charge in [0.2, 0.25) is 0 Å². The van der Waals surface area contributed by atoms with Crippen molar-refractivity contribution in [2.45, 2.75) is 17.3 Å². The predicted molar refractivity (Wildman–Crippen MR) is 74.9 cm³/mol. The lowest BCUT2D eigenvalue weighted by Gasteiger charge is -2.09. The molecule has 1 N–H and O–H groups in total. The van der Waals surface area contributed by atoms with Gasteiger partial charge in [-0.15, -0.1) is 5.10 Å². The molecule has 2 aromatic rings. The van der Waals surface area contributed by atoms with E-state index >= 15 is 0 Å². The first-order valence-electron chi connectivity index (χ1n) is 5.57. The molecule has 1 atom stereocenters. The van der Waals surface area contributed by atoms with E-state index in [1.54, 1.807) is 38.2 Å². The van der Waals surface area contributed by atoms with Gasteiger partial charge in [-0.1, -0.05) is 35.5 Å². The summed E-state index contributed by atoms with van der Waals surface area (Å²) in [5.41, 5.74) is 0.248. The maximum atomic E-state index is 12.2. The molecule has 0 aliphatic rings. The number of aromatic nitrogens is 3. The molecule has 0 aliphatic heterocycles. The molecule has 0 bridgehead atoms. The van der Waals surface area contributed by atoms with Gasteiger partial charge in [0.1, 0.15) is 0 Å². The van der Waals surface area contributed by atoms with Crippen LogP contribution < -0.4 is 5.69 Å². The summed E-state index contributed by atoms with van der Waals surface area (Å²) in [5, 5.41) is 6.84. The zero-order chi connectivity index (χ0) is 14.0. The average Bonchev–Trinajstić information content (AvgIpc) is 2.70. The Morgan fingerprint density at radius 3 is 2.84 bits per heavy atom. The minimum atomic E-state index is -0.354. The number of nitrogens with zero attached hydrogens (tertiary/aromatic N) is 2. The minimum Gasteiger partial charge on any atom is -0.293 e. The Hall–Kier alpha value is -1.53. The van der Waals surface area contributed by atoms with Gasteiger partial charge in [0.15, 0.2) is 10.9 Å². The van der Waals surface area contributed by atoms with Gasteiger partial charge in [-0.3, -0.25) is 9.36 Å². The summed E-state index contributed by atoms with van der Waals surface area (Å²) < 4.78 is 1.37. The summed E-state index contributed by atoms with van der Waals surface area (Å²) in [6.45, 7) is 1.77. The molecule has 0 spiro atoms. The summed E-state index contributed by atoms with van der Waals surface area (Å²) in [4.78, 5) is 23.4. The van der Waals surface area contributed by atoms with E-state index in [4.69, 9.17) is 11.6 Å². The van der Waals surface area contributed by atoms with Crippen molar-refractivity contribution in [2.75, 3.05) is 0 Å². The summed E-state index contributed by atoms with van der Waals surface area (Å²) in [6.07, 6.45) is 0. The Morgan fingerprint density at radius 1 is 1.53 bits per heavy atom. The van der Waals surface area contributed by atoms with E-state index in [2.05, 4.69) is 10.2 Å². The summed E-state index contributed by atoms with van der Waals surface area (Å²) in [7, 11) is 1.60. The third kappa shape index (κ3) is 3.08. The number of nitrogens with one attached hydrogen (secondary N) is 1. The molecule has 0 amide bonds. The summed E-state index contributed by atoms with van der Waals surface area (Å²) in [5.74, 6) is -0.0528. The normalized spacial score (nSPS) is 12.4. The predicted octanol–water partition coefficient (Wildman–Crippen LogP) is 2.13. The van der Waals surface area contributed by atoms with Gasteiger partial charge in [0.05, 0.1) is 5.25 Å². The first kappa shape index (κ1) is 13.9. The van der Waals surface area contributed by atoms with Crippen molar-refractivity contribution in [1.82, 2.24) is 14.8 Å². The van der Waals surface area contributed by atoms with E-state index < -0.39 is 0 Å². The number of hydrogen-bond acceptors (Lipinski definition) is 4. The smallest absolute Gasteiger partial charge is 0.293 e. The maximum Gasteiger partial charge on any atom is 0.343 e. The fraction of sp³-hybridized carbons (Fsp3) is 0.250. The molecular formula is C12H12ClN3O2S. The number of carbonyl (C=O) groups excluding carboxylic acids is 1. The van der Waals surface area contributed by atoms with Crippen molar-refractivity contribution < 1.29 is 4.79 Å². The first-order chi connectivity index (χ1) is 8.99. The van der Waals surface area contributed by atoms with Crippen LogP contribution in [0.1, 0.15) is 17.3 Å². The van der Waals surface area contributed by atoms with E-state index in [1.807, 2.05) is 0 Å². The largest absolute Gasteiger partial charge is 0.343 e. The minimum absolute atomic E-state index is 0.0528. The average molecular weight is 298 g/mol. The van der Waals surface area contributed by atoms with E-state index in [0.29, 0.717) is 15.7 Å². The number of thioether (sulfide) groups is 1. The molecule has 0 aliphatic carbocycles. The Bertz CT molecular complexity index is 665. The molecule has 0 saturated heterocycles. The molecule has 0 fully saturated rings. The van der Waals surface area contributed by atoms with Crippen LogP contribution in [0.3, 0.4) is 0 Å². The van der Waals surface area contributed by atoms with Crippen LogP contribution in [-0.2, 0) is 7.05 Å². The highest BCUT2D eigenvalue weighted by Gasteiger charge is 2.19. The Kier molecular flexibility index (Phi) is 4.11. The third-order valence-corrected chi connectivity index (χ3v) is 3.98. The molecular weight excluding hydrogens is 286 g/mol. The molecule has 1 unspecified atom stereocenters. The summed E-state index contributed by atoms with van der Waals surface area (Å²) in [6, 6.07) is 6.80. The number of Topliss-reactive ketones (excluding diaryl/α,β-unsaturated/α-hetero) is 1. The van der Waals surface area contributed by atoms with Crippen molar-refractivity contribution in [3.63, 3.8) is 0 Å². The van der Waals surface area contributed by atoms with Crippen LogP contribution in [0.15, 0.2) is 34.2 Å². The van der Waals surface area contributed by atoms with Gasteiger partial charge in [0.25, 0.3) is 0 Å². The van der Waals surface area contributed by atoms with Crippen molar-refractivity contribution in [2.24, 2.45) is 7.05 Å². The molecule has 7 heteroatoms. The van der Waals surface area contributed by atoms with Crippen molar-refractivity contribution >= 4 is 29.1 Å². The van der Waals surface area contributed by atoms with Crippen LogP contribution in [0.2, 0.25) is 5.02 Å². The molecule has 19 heavy (non-hydrogen) atoms. The number of rotatable bonds is 4. The molecule has 0 radical (unpaired) electrons. The van der Waals surface area contributed by atoms with Crippen LogP contribution in [0.25, 0.3) is 0 Å². The zero-order valence-electron chi connectivity index (χ0n) is 10.4. The number of hydrogen-bond donors (Lipinski definition) is 1. The highest BCUT2D eigenvalue weighted by Crippen LogP contribution is 2.23. The molecule has 2 rings (SSSR count). The summed E-state index contributed by atoms with van der Waals surface area (Å²) >= 11 is 7.09. The number of carbonyl (C=O) groups is 1. The topological polar surface area (TPSA) is 67.8 Å². The van der Waals surface area contributed by atoms with Crippen LogP contribution in [0, 0.1) is 0 Å². The van der Waals surface area contributed by atoms with Crippen molar-refractivity contribution in [1.29, 1.82) is 0 Å². The molecule has 0 saturated carbocycles. The lowest BCUT2D eigenvalue weighted by Crippen LogP contribution is -2.16. The van der Waals surface area contributed by atoms with Gasteiger partial charge < -0.3 is 0 Å². The van der Waals surface area contributed by atoms with Gasteiger partial charge in [-0.05, 0) is 19.1 Å². The number of benzene rings is 1.